The van der Waals surface area contributed by atoms with Crippen molar-refractivity contribution in [3.63, 3.8) is 0 Å². The van der Waals surface area contributed by atoms with Crippen LogP contribution in [0.3, 0.4) is 0 Å². The van der Waals surface area contributed by atoms with E-state index in [1.807, 2.05) is 0 Å². The van der Waals surface area contributed by atoms with Crippen LogP contribution in [0.15, 0.2) is 15.7 Å². The SMILES string of the molecule is Cn1c(NCC[NH+]2CC[NH2+]CC2)cc(=O)n(C)c1=O. The Morgan fingerprint density at radius 1 is 1.26 bits per heavy atom. The molecule has 0 amide bonds. The van der Waals surface area contributed by atoms with Gasteiger partial charge in [-0.25, -0.2) is 4.79 Å². The lowest BCUT2D eigenvalue weighted by Crippen LogP contribution is -3.20. The van der Waals surface area contributed by atoms with Crippen LogP contribution in [-0.4, -0.2) is 48.4 Å². The molecule has 7 heteroatoms. The van der Waals surface area contributed by atoms with Gasteiger partial charge in [-0.2, -0.15) is 0 Å². The Bertz CT molecular complexity index is 542. The van der Waals surface area contributed by atoms with E-state index in [2.05, 4.69) is 10.6 Å². The number of quaternary nitrogens is 2. The molecule has 2 heterocycles. The molecule has 1 aromatic heterocycles. The lowest BCUT2D eigenvalue weighted by atomic mass is 10.3. The number of hydrogen-bond acceptors (Lipinski definition) is 3. The van der Waals surface area contributed by atoms with Gasteiger partial charge in [0.1, 0.15) is 32.0 Å². The molecule has 0 aliphatic carbocycles. The highest BCUT2D eigenvalue weighted by Crippen LogP contribution is 1.96. The van der Waals surface area contributed by atoms with Crippen molar-refractivity contribution in [1.82, 2.24) is 9.13 Å². The number of anilines is 1. The Morgan fingerprint density at radius 2 is 1.95 bits per heavy atom. The number of aromatic nitrogens is 2. The number of nitrogens with two attached hydrogens (primary N) is 1. The molecular weight excluding hydrogens is 246 g/mol. The van der Waals surface area contributed by atoms with Crippen LogP contribution in [0.5, 0.6) is 0 Å². The molecule has 0 aromatic carbocycles. The molecule has 19 heavy (non-hydrogen) atoms. The van der Waals surface area contributed by atoms with Gasteiger partial charge in [0.2, 0.25) is 0 Å². The van der Waals surface area contributed by atoms with E-state index in [1.54, 1.807) is 11.9 Å². The molecular formula is C12H23N5O2+2. The minimum absolute atomic E-state index is 0.273. The monoisotopic (exact) mass is 269 g/mol. The predicted molar refractivity (Wildman–Crippen MR) is 72.6 cm³/mol. The molecule has 7 nitrogen and oxygen atoms in total. The van der Waals surface area contributed by atoms with E-state index < -0.39 is 0 Å². The first-order chi connectivity index (χ1) is 9.09. The molecule has 2 rings (SSSR count). The van der Waals surface area contributed by atoms with Crippen molar-refractivity contribution in [2.75, 3.05) is 44.6 Å². The van der Waals surface area contributed by atoms with Crippen LogP contribution < -0.4 is 26.8 Å². The number of nitrogens with zero attached hydrogens (tertiary/aromatic N) is 2. The summed E-state index contributed by atoms with van der Waals surface area (Å²) in [5.41, 5.74) is -0.569. The summed E-state index contributed by atoms with van der Waals surface area (Å²) in [7, 11) is 3.16. The van der Waals surface area contributed by atoms with Crippen molar-refractivity contribution < 1.29 is 10.2 Å². The topological polar surface area (TPSA) is 77.1 Å². The van der Waals surface area contributed by atoms with Crippen LogP contribution in [0.1, 0.15) is 0 Å². The molecule has 0 radical (unpaired) electrons. The molecule has 0 atom stereocenters. The minimum atomic E-state index is -0.296. The van der Waals surface area contributed by atoms with Gasteiger partial charge in [0, 0.05) is 20.2 Å². The first-order valence-electron chi connectivity index (χ1n) is 6.76. The number of rotatable bonds is 4. The summed E-state index contributed by atoms with van der Waals surface area (Å²) in [6.45, 7) is 6.50. The van der Waals surface area contributed by atoms with Crippen molar-refractivity contribution in [1.29, 1.82) is 0 Å². The number of nitrogens with one attached hydrogen (secondary N) is 2. The summed E-state index contributed by atoms with van der Waals surface area (Å²) in [6, 6.07) is 1.47. The van der Waals surface area contributed by atoms with Crippen LogP contribution in [0.25, 0.3) is 0 Å². The molecule has 0 spiro atoms. The zero-order chi connectivity index (χ0) is 13.8. The predicted octanol–water partition coefficient (Wildman–Crippen LogP) is -4.04. The maximum Gasteiger partial charge on any atom is 0.332 e. The van der Waals surface area contributed by atoms with Gasteiger partial charge < -0.3 is 15.5 Å². The largest absolute Gasteiger partial charge is 0.366 e. The highest BCUT2D eigenvalue weighted by atomic mass is 16.2. The van der Waals surface area contributed by atoms with Crippen molar-refractivity contribution in [3.05, 3.63) is 26.9 Å². The summed E-state index contributed by atoms with van der Waals surface area (Å²) in [5, 5.41) is 5.52. The van der Waals surface area contributed by atoms with E-state index in [0.29, 0.717) is 5.82 Å². The van der Waals surface area contributed by atoms with E-state index >= 15 is 0 Å². The smallest absolute Gasteiger partial charge is 0.332 e. The second-order valence-corrected chi connectivity index (χ2v) is 5.06. The Labute approximate surface area is 111 Å². The average Bonchev–Trinajstić information content (AvgIpc) is 2.43. The lowest BCUT2D eigenvalue weighted by molar-refractivity contribution is -0.945. The average molecular weight is 269 g/mol. The van der Waals surface area contributed by atoms with Gasteiger partial charge in [-0.3, -0.25) is 13.9 Å². The van der Waals surface area contributed by atoms with Crippen LogP contribution in [0.4, 0.5) is 5.82 Å². The quantitative estimate of drug-likeness (QED) is 0.521. The van der Waals surface area contributed by atoms with Crippen LogP contribution in [-0.2, 0) is 14.1 Å². The first-order valence-corrected chi connectivity index (χ1v) is 6.76. The standard InChI is InChI=1S/C12H21N5O2/c1-15-10(9-11(18)16(2)12(15)19)14-5-8-17-6-3-13-4-7-17/h9,13-14H,3-8H2,1-2H3/p+2. The molecule has 0 bridgehead atoms. The van der Waals surface area contributed by atoms with Gasteiger partial charge in [-0.1, -0.05) is 0 Å². The number of hydrogen-bond donors (Lipinski definition) is 3. The Kier molecular flexibility index (Phi) is 4.39. The molecule has 1 saturated heterocycles. The van der Waals surface area contributed by atoms with Crippen LogP contribution in [0.2, 0.25) is 0 Å². The third-order valence-corrected chi connectivity index (χ3v) is 3.71. The van der Waals surface area contributed by atoms with E-state index in [9.17, 15) is 9.59 Å². The summed E-state index contributed by atoms with van der Waals surface area (Å²) in [4.78, 5) is 24.9. The summed E-state index contributed by atoms with van der Waals surface area (Å²) in [6.07, 6.45) is 0. The molecule has 0 unspecified atom stereocenters. The van der Waals surface area contributed by atoms with Gasteiger partial charge in [0.05, 0.1) is 13.1 Å². The number of piperazine rings is 1. The van der Waals surface area contributed by atoms with Crippen molar-refractivity contribution >= 4 is 5.82 Å². The molecule has 4 N–H and O–H groups in total. The van der Waals surface area contributed by atoms with Crippen molar-refractivity contribution in [3.8, 4) is 0 Å². The zero-order valence-electron chi connectivity index (χ0n) is 11.6. The van der Waals surface area contributed by atoms with E-state index in [-0.39, 0.29) is 11.2 Å². The summed E-state index contributed by atoms with van der Waals surface area (Å²) >= 11 is 0. The molecule has 1 aliphatic heterocycles. The Hall–Kier alpha value is -1.60. The molecule has 0 saturated carbocycles. The van der Waals surface area contributed by atoms with Gasteiger partial charge in [-0.15, -0.1) is 0 Å². The van der Waals surface area contributed by atoms with Crippen LogP contribution in [0, 0.1) is 0 Å². The summed E-state index contributed by atoms with van der Waals surface area (Å²) in [5.74, 6) is 0.594. The maximum absolute atomic E-state index is 11.8. The first kappa shape index (κ1) is 13.8. The second kappa shape index (κ2) is 6.03. The van der Waals surface area contributed by atoms with Crippen LogP contribution >= 0.6 is 0 Å². The highest BCUT2D eigenvalue weighted by molar-refractivity contribution is 5.33. The van der Waals surface area contributed by atoms with E-state index in [4.69, 9.17) is 0 Å². The van der Waals surface area contributed by atoms with Gasteiger partial charge in [-0.05, 0) is 0 Å². The zero-order valence-corrected chi connectivity index (χ0v) is 11.6. The minimum Gasteiger partial charge on any atom is -0.366 e. The van der Waals surface area contributed by atoms with Crippen molar-refractivity contribution in [2.24, 2.45) is 14.1 Å². The Balaban J connectivity index is 1.96. The fraction of sp³-hybridized carbons (Fsp3) is 0.667. The molecule has 1 fully saturated rings. The fourth-order valence-electron chi connectivity index (χ4n) is 2.40. The summed E-state index contributed by atoms with van der Waals surface area (Å²) < 4.78 is 2.58. The third-order valence-electron chi connectivity index (χ3n) is 3.71. The lowest BCUT2D eigenvalue weighted by Gasteiger charge is -2.22. The third kappa shape index (κ3) is 3.24. The second-order valence-electron chi connectivity index (χ2n) is 5.06. The van der Waals surface area contributed by atoms with E-state index in [1.165, 1.54) is 43.9 Å². The highest BCUT2D eigenvalue weighted by Gasteiger charge is 2.14. The molecule has 1 aromatic rings. The fourth-order valence-corrected chi connectivity index (χ4v) is 2.40. The Morgan fingerprint density at radius 3 is 2.63 bits per heavy atom. The molecule has 106 valence electrons. The van der Waals surface area contributed by atoms with E-state index in [0.717, 1.165) is 17.7 Å². The van der Waals surface area contributed by atoms with Gasteiger partial charge in [0.15, 0.2) is 0 Å². The molecule has 1 aliphatic rings. The maximum atomic E-state index is 11.8. The van der Waals surface area contributed by atoms with Crippen molar-refractivity contribution in [2.45, 2.75) is 0 Å². The normalized spacial score (nSPS) is 16.5. The van der Waals surface area contributed by atoms with Gasteiger partial charge >= 0.3 is 5.69 Å². The van der Waals surface area contributed by atoms with Gasteiger partial charge in [0.25, 0.3) is 5.56 Å².